The van der Waals surface area contributed by atoms with Gasteiger partial charge in [0, 0.05) is 30.1 Å². The van der Waals surface area contributed by atoms with Crippen molar-refractivity contribution in [2.45, 2.75) is 26.3 Å². The minimum atomic E-state index is -0.839. The average molecular weight is 544 g/mol. The van der Waals surface area contributed by atoms with E-state index in [4.69, 9.17) is 4.74 Å². The Labute approximate surface area is 231 Å². The Morgan fingerprint density at radius 2 is 1.68 bits per heavy atom. The highest BCUT2D eigenvalue weighted by Crippen LogP contribution is 2.37. The number of carbonyl (C=O) groups excluding carboxylic acids is 3. The first kappa shape index (κ1) is 27.8. The third-order valence-corrected chi connectivity index (χ3v) is 6.13. The van der Waals surface area contributed by atoms with Crippen LogP contribution in [0.4, 0.5) is 26.7 Å². The quantitative estimate of drug-likeness (QED) is 0.180. The van der Waals surface area contributed by atoms with Gasteiger partial charge in [-0.25, -0.2) is 14.4 Å². The topological polar surface area (TPSA) is 143 Å². The van der Waals surface area contributed by atoms with Crippen molar-refractivity contribution < 1.29 is 24.0 Å². The number of carbonyl (C=O) groups is 3. The third kappa shape index (κ3) is 6.26. The van der Waals surface area contributed by atoms with Crippen LogP contribution in [0.25, 0.3) is 5.70 Å². The van der Waals surface area contributed by atoms with Gasteiger partial charge in [-0.2, -0.15) is 0 Å². The number of non-ortho nitro benzene ring substituents is 1. The molecular formula is C29H29N5O6. The van der Waals surface area contributed by atoms with E-state index in [1.807, 2.05) is 37.3 Å². The molecule has 1 unspecified atom stereocenters. The van der Waals surface area contributed by atoms with Gasteiger partial charge in [-0.1, -0.05) is 49.4 Å². The Kier molecular flexibility index (Phi) is 8.75. The molecule has 0 fully saturated rings. The summed E-state index contributed by atoms with van der Waals surface area (Å²) in [5.41, 5.74) is 2.72. The molecule has 206 valence electrons. The Hall–Kier alpha value is -5.19. The van der Waals surface area contributed by atoms with E-state index >= 15 is 0 Å². The van der Waals surface area contributed by atoms with E-state index in [1.54, 1.807) is 36.1 Å². The second kappa shape index (κ2) is 12.6. The van der Waals surface area contributed by atoms with Crippen LogP contribution in [0.2, 0.25) is 0 Å². The van der Waals surface area contributed by atoms with E-state index in [-0.39, 0.29) is 23.9 Å². The van der Waals surface area contributed by atoms with Gasteiger partial charge in [0.2, 0.25) is 0 Å². The van der Waals surface area contributed by atoms with Crippen LogP contribution in [-0.4, -0.2) is 41.0 Å². The Balaban J connectivity index is 1.68. The molecule has 0 saturated heterocycles. The van der Waals surface area contributed by atoms with E-state index in [1.165, 1.54) is 24.3 Å². The van der Waals surface area contributed by atoms with Gasteiger partial charge >= 0.3 is 18.0 Å². The molecule has 40 heavy (non-hydrogen) atoms. The number of nitrogens with one attached hydrogen (secondary N) is 3. The van der Waals surface area contributed by atoms with Crippen molar-refractivity contribution in [2.24, 2.45) is 0 Å². The van der Waals surface area contributed by atoms with Crippen molar-refractivity contribution in [2.75, 3.05) is 23.8 Å². The molecule has 0 radical (unpaired) electrons. The number of urea groups is 2. The highest BCUT2D eigenvalue weighted by molar-refractivity contribution is 6.05. The van der Waals surface area contributed by atoms with Crippen LogP contribution in [0, 0.1) is 10.1 Å². The SMILES string of the molecule is CCCN1C(=O)NC(c2cccc(NC(=O)Nc3ccc([N+](=O)[O-])cc3)c2)C(C(=O)OCC)=C1c1ccccc1. The van der Waals surface area contributed by atoms with Gasteiger partial charge in [-0.15, -0.1) is 0 Å². The first-order chi connectivity index (χ1) is 19.3. The maximum Gasteiger partial charge on any atom is 0.338 e. The maximum atomic E-state index is 13.4. The molecule has 3 aromatic rings. The van der Waals surface area contributed by atoms with Crippen molar-refractivity contribution in [3.63, 3.8) is 0 Å². The second-order valence-electron chi connectivity index (χ2n) is 8.89. The van der Waals surface area contributed by atoms with Gasteiger partial charge in [-0.3, -0.25) is 15.0 Å². The van der Waals surface area contributed by atoms with Gasteiger partial charge in [0.05, 0.1) is 28.8 Å². The van der Waals surface area contributed by atoms with Crippen LogP contribution in [0.5, 0.6) is 0 Å². The molecule has 11 nitrogen and oxygen atoms in total. The zero-order valence-corrected chi connectivity index (χ0v) is 22.0. The van der Waals surface area contributed by atoms with Gasteiger partial charge in [0.1, 0.15) is 0 Å². The smallest absolute Gasteiger partial charge is 0.338 e. The lowest BCUT2D eigenvalue weighted by atomic mass is 9.91. The normalized spacial score (nSPS) is 14.8. The van der Waals surface area contributed by atoms with Crippen molar-refractivity contribution in [3.8, 4) is 0 Å². The summed E-state index contributed by atoms with van der Waals surface area (Å²) in [5, 5.41) is 19.1. The lowest BCUT2D eigenvalue weighted by molar-refractivity contribution is -0.384. The van der Waals surface area contributed by atoms with Crippen LogP contribution in [-0.2, 0) is 9.53 Å². The number of hydrogen-bond donors (Lipinski definition) is 3. The van der Waals surface area contributed by atoms with Crippen LogP contribution in [0.3, 0.4) is 0 Å². The van der Waals surface area contributed by atoms with Crippen LogP contribution in [0.15, 0.2) is 84.4 Å². The molecule has 1 aliphatic rings. The summed E-state index contributed by atoms with van der Waals surface area (Å²) < 4.78 is 5.43. The summed E-state index contributed by atoms with van der Waals surface area (Å²) in [4.78, 5) is 51.2. The molecule has 3 N–H and O–H groups in total. The summed E-state index contributed by atoms with van der Waals surface area (Å²) in [6.07, 6.45) is 0.674. The number of nitrogens with zero attached hydrogens (tertiary/aromatic N) is 2. The number of esters is 1. The fraction of sp³-hybridized carbons (Fsp3) is 0.207. The molecule has 4 rings (SSSR count). The molecule has 0 aromatic heterocycles. The second-order valence-corrected chi connectivity index (χ2v) is 8.89. The number of ether oxygens (including phenoxy) is 1. The van der Waals surface area contributed by atoms with Crippen molar-refractivity contribution >= 4 is 40.8 Å². The molecule has 3 aromatic carbocycles. The van der Waals surface area contributed by atoms with Gasteiger partial charge in [0.15, 0.2) is 0 Å². The maximum absolute atomic E-state index is 13.4. The summed E-state index contributed by atoms with van der Waals surface area (Å²) in [6.45, 7) is 4.22. The monoisotopic (exact) mass is 543 g/mol. The van der Waals surface area contributed by atoms with Crippen molar-refractivity contribution in [1.82, 2.24) is 10.2 Å². The van der Waals surface area contributed by atoms with E-state index in [0.717, 1.165) is 0 Å². The molecule has 1 heterocycles. The summed E-state index contributed by atoms with van der Waals surface area (Å²) >= 11 is 0. The molecule has 1 aliphatic heterocycles. The average Bonchev–Trinajstić information content (AvgIpc) is 2.94. The van der Waals surface area contributed by atoms with Crippen molar-refractivity contribution in [3.05, 3.63) is 106 Å². The number of hydrogen-bond acceptors (Lipinski definition) is 6. The number of benzene rings is 3. The van der Waals surface area contributed by atoms with E-state index in [2.05, 4.69) is 16.0 Å². The minimum Gasteiger partial charge on any atom is -0.463 e. The molecule has 0 saturated carbocycles. The summed E-state index contributed by atoms with van der Waals surface area (Å²) in [7, 11) is 0. The van der Waals surface area contributed by atoms with Crippen LogP contribution >= 0.6 is 0 Å². The zero-order chi connectivity index (χ0) is 28.6. The number of nitro benzene ring substituents is 1. The zero-order valence-electron chi connectivity index (χ0n) is 22.0. The van der Waals surface area contributed by atoms with Crippen LogP contribution in [0.1, 0.15) is 37.4 Å². The van der Waals surface area contributed by atoms with E-state index in [0.29, 0.717) is 41.2 Å². The molecule has 4 amide bonds. The van der Waals surface area contributed by atoms with E-state index in [9.17, 15) is 24.5 Å². The number of nitro groups is 1. The first-order valence-corrected chi connectivity index (χ1v) is 12.8. The van der Waals surface area contributed by atoms with Gasteiger partial charge in [0.25, 0.3) is 5.69 Å². The minimum absolute atomic E-state index is 0.0916. The molecule has 0 aliphatic carbocycles. The van der Waals surface area contributed by atoms with Gasteiger partial charge < -0.3 is 20.7 Å². The molecule has 0 bridgehead atoms. The first-order valence-electron chi connectivity index (χ1n) is 12.8. The number of amides is 4. The molecule has 1 atom stereocenters. The number of anilines is 2. The Morgan fingerprint density at radius 3 is 2.33 bits per heavy atom. The molecular weight excluding hydrogens is 514 g/mol. The molecule has 11 heteroatoms. The number of rotatable bonds is 9. The standard InChI is InChI=1S/C29H29N5O6/c1-3-17-33-26(19-9-6-5-7-10-19)24(27(35)40-4-2)25(32-29(33)37)20-11-8-12-22(18-20)31-28(36)30-21-13-15-23(16-14-21)34(38)39/h5-16,18,25H,3-4,17H2,1-2H3,(H,32,37)(H2,30,31,36). The summed E-state index contributed by atoms with van der Waals surface area (Å²) in [5.74, 6) is -0.554. The largest absolute Gasteiger partial charge is 0.463 e. The Bertz CT molecular complexity index is 1440. The molecule has 0 spiro atoms. The fourth-order valence-corrected chi connectivity index (χ4v) is 4.43. The van der Waals surface area contributed by atoms with E-state index < -0.39 is 23.0 Å². The van der Waals surface area contributed by atoms with Crippen LogP contribution < -0.4 is 16.0 Å². The third-order valence-electron chi connectivity index (χ3n) is 6.13. The highest BCUT2D eigenvalue weighted by Gasteiger charge is 2.38. The Morgan fingerprint density at radius 1 is 0.975 bits per heavy atom. The van der Waals surface area contributed by atoms with Crippen molar-refractivity contribution in [1.29, 1.82) is 0 Å². The summed E-state index contributed by atoms with van der Waals surface area (Å²) in [6, 6.07) is 19.7. The fourth-order valence-electron chi connectivity index (χ4n) is 4.43. The predicted molar refractivity (Wildman–Crippen MR) is 150 cm³/mol. The highest BCUT2D eigenvalue weighted by atomic mass is 16.6. The lowest BCUT2D eigenvalue weighted by Crippen LogP contribution is -2.48. The predicted octanol–water partition coefficient (Wildman–Crippen LogP) is 5.69. The van der Waals surface area contributed by atoms with Gasteiger partial charge in [-0.05, 0) is 48.7 Å². The lowest BCUT2D eigenvalue weighted by Gasteiger charge is -2.37.